The van der Waals surface area contributed by atoms with Crippen LogP contribution in [0.25, 0.3) is 11.1 Å². The Morgan fingerprint density at radius 3 is 1.18 bits per heavy atom. The molecule has 0 saturated carbocycles. The summed E-state index contributed by atoms with van der Waals surface area (Å²) in [5, 5.41) is 0. The third-order valence-corrected chi connectivity index (χ3v) is 19.7. The predicted octanol–water partition coefficient (Wildman–Crippen LogP) is 18.4. The van der Waals surface area contributed by atoms with Crippen LogP contribution in [0.2, 0.25) is 0 Å². The van der Waals surface area contributed by atoms with Gasteiger partial charge in [0, 0.05) is 89.3 Å². The van der Waals surface area contributed by atoms with Gasteiger partial charge in [-0.1, -0.05) is 232 Å². The fraction of sp³-hybridized carbons (Fsp3) is 0.0488. The maximum absolute atomic E-state index is 2.65. The lowest BCUT2D eigenvalue weighted by Gasteiger charge is -2.46. The molecule has 0 radical (unpaired) electrons. The van der Waals surface area contributed by atoms with E-state index in [-0.39, 0.29) is 18.8 Å². The largest absolute Gasteiger partial charge is 0.311 e. The molecule has 13 aromatic rings. The molecule has 4 aliphatic rings. The molecule has 4 aliphatic heterocycles. The molecule has 90 heavy (non-hydrogen) atoms. The van der Waals surface area contributed by atoms with Crippen LogP contribution in [0, 0.1) is 0 Å². The van der Waals surface area contributed by atoms with Crippen molar-refractivity contribution in [2.45, 2.75) is 36.0 Å². The fourth-order valence-electron chi connectivity index (χ4n) is 14.6. The molecule has 0 atom stereocenters. The van der Waals surface area contributed by atoms with Gasteiger partial charge in [-0.15, -0.1) is 0 Å². The predicted molar refractivity (Wildman–Crippen MR) is 384 cm³/mol. The molecule has 0 amide bonds. The van der Waals surface area contributed by atoms with Crippen LogP contribution < -0.4 is 57.3 Å². The Hall–Kier alpha value is -10.7. The van der Waals surface area contributed by atoms with E-state index in [1.54, 1.807) is 0 Å². The number of rotatable bonds is 10. The van der Waals surface area contributed by atoms with Gasteiger partial charge in [0.25, 0.3) is 6.71 Å². The molecular formula is C82H61B2N5S. The van der Waals surface area contributed by atoms with Gasteiger partial charge in [-0.05, 0) is 165 Å². The summed E-state index contributed by atoms with van der Waals surface area (Å²) in [6.45, 7) is 6.66. The van der Waals surface area contributed by atoms with Crippen molar-refractivity contribution in [1.82, 2.24) is 0 Å². The van der Waals surface area contributed by atoms with Gasteiger partial charge in [-0.3, -0.25) is 0 Å². The van der Waals surface area contributed by atoms with Gasteiger partial charge < -0.3 is 24.5 Å². The molecule has 0 spiro atoms. The molecule has 17 rings (SSSR count). The molecule has 0 aromatic heterocycles. The monoisotopic (exact) mass is 1170 g/mol. The highest BCUT2D eigenvalue weighted by Gasteiger charge is 2.48. The van der Waals surface area contributed by atoms with E-state index in [4.69, 9.17) is 0 Å². The molecular weight excluding hydrogens is 1110 g/mol. The highest BCUT2D eigenvalue weighted by Crippen LogP contribution is 2.52. The summed E-state index contributed by atoms with van der Waals surface area (Å²) in [5.41, 5.74) is 28.2. The van der Waals surface area contributed by atoms with E-state index < -0.39 is 0 Å². The van der Waals surface area contributed by atoms with E-state index in [1.165, 1.54) is 76.4 Å². The zero-order valence-electron chi connectivity index (χ0n) is 50.3. The third-order valence-electron chi connectivity index (χ3n) is 18.6. The van der Waals surface area contributed by atoms with Crippen LogP contribution in [0.15, 0.2) is 325 Å². The summed E-state index contributed by atoms with van der Waals surface area (Å²) < 4.78 is 0. The van der Waals surface area contributed by atoms with E-state index in [9.17, 15) is 0 Å². The van der Waals surface area contributed by atoms with E-state index in [1.807, 2.05) is 11.8 Å². The molecule has 0 N–H and O–H groups in total. The molecule has 0 bridgehead atoms. The van der Waals surface area contributed by atoms with Crippen molar-refractivity contribution in [2.75, 3.05) is 24.5 Å². The maximum atomic E-state index is 2.65. The molecule has 0 aliphatic carbocycles. The van der Waals surface area contributed by atoms with Crippen LogP contribution in [-0.4, -0.2) is 13.4 Å². The van der Waals surface area contributed by atoms with Crippen LogP contribution >= 0.6 is 11.8 Å². The quantitative estimate of drug-likeness (QED) is 0.126. The Morgan fingerprint density at radius 1 is 0.289 bits per heavy atom. The second-order valence-electron chi connectivity index (χ2n) is 24.8. The Labute approximate surface area is 532 Å². The molecule has 13 aromatic carbocycles. The number of para-hydroxylation sites is 9. The lowest BCUT2D eigenvalue weighted by atomic mass is 9.31. The lowest BCUT2D eigenvalue weighted by Crippen LogP contribution is -2.64. The second kappa shape index (κ2) is 21.6. The van der Waals surface area contributed by atoms with E-state index >= 15 is 0 Å². The van der Waals surface area contributed by atoms with Crippen molar-refractivity contribution < 1.29 is 0 Å². The van der Waals surface area contributed by atoms with E-state index in [0.29, 0.717) is 0 Å². The number of hydrogen-bond donors (Lipinski definition) is 0. The molecule has 4 heterocycles. The van der Waals surface area contributed by atoms with E-state index in [0.717, 1.165) is 68.1 Å². The summed E-state index contributed by atoms with van der Waals surface area (Å²) in [7, 11) is 0. The third kappa shape index (κ3) is 8.80. The topological polar surface area (TPSA) is 16.2 Å². The molecule has 8 heteroatoms. The van der Waals surface area contributed by atoms with Gasteiger partial charge in [-0.25, -0.2) is 0 Å². The first-order chi connectivity index (χ1) is 44.3. The lowest BCUT2D eigenvalue weighted by molar-refractivity contribution is 0.590. The molecule has 0 fully saturated rings. The fourth-order valence-corrected chi connectivity index (χ4v) is 15.8. The molecule has 426 valence electrons. The van der Waals surface area contributed by atoms with Crippen LogP contribution in [0.5, 0.6) is 0 Å². The summed E-state index contributed by atoms with van der Waals surface area (Å²) in [6, 6.07) is 117. The first-order valence-corrected chi connectivity index (χ1v) is 32.0. The van der Waals surface area contributed by atoms with Crippen molar-refractivity contribution in [2.24, 2.45) is 0 Å². The Kier molecular flexibility index (Phi) is 12.8. The molecule has 0 unspecified atom stereocenters. The van der Waals surface area contributed by atoms with Gasteiger partial charge in [0.05, 0.1) is 11.4 Å². The van der Waals surface area contributed by atoms with Gasteiger partial charge >= 0.3 is 0 Å². The summed E-state index contributed by atoms with van der Waals surface area (Å²) in [6.07, 6.45) is 0. The first-order valence-electron chi connectivity index (χ1n) is 31.2. The Balaban J connectivity index is 0.972. The van der Waals surface area contributed by atoms with Gasteiger partial charge in [0.15, 0.2) is 0 Å². The van der Waals surface area contributed by atoms with Crippen LogP contribution in [-0.2, 0) is 5.41 Å². The van der Waals surface area contributed by atoms with Crippen molar-refractivity contribution in [1.29, 1.82) is 0 Å². The average molecular weight is 1170 g/mol. The number of hydrogen-bond acceptors (Lipinski definition) is 6. The summed E-state index contributed by atoms with van der Waals surface area (Å²) in [4.78, 5) is 15.0. The zero-order chi connectivity index (χ0) is 60.0. The Morgan fingerprint density at radius 2 is 0.689 bits per heavy atom. The molecule has 5 nitrogen and oxygen atoms in total. The maximum Gasteiger partial charge on any atom is 0.252 e. The van der Waals surface area contributed by atoms with Crippen molar-refractivity contribution in [3.05, 3.63) is 321 Å². The highest BCUT2D eigenvalue weighted by atomic mass is 32.2. The van der Waals surface area contributed by atoms with Crippen LogP contribution in [0.4, 0.5) is 85.3 Å². The van der Waals surface area contributed by atoms with Crippen molar-refractivity contribution in [3.8, 4) is 11.1 Å². The SMILES string of the molecule is CC(C)(C)c1ccc(-c2ccccc2N2c3cc4c(cc3B3c5ccccc5N(c5ccccc5)c5cc(N(c6ccccc6)c6ccccc6)cc2c53)B2c3ccccc3N(c3ccccc3)c3cc(N(c5ccccc5)c5ccccc5)cc(c32)S4)cc1. The van der Waals surface area contributed by atoms with E-state index in [2.05, 4.69) is 361 Å². The number of benzene rings is 13. The number of anilines is 15. The summed E-state index contributed by atoms with van der Waals surface area (Å²) in [5.74, 6) is 0. The zero-order valence-corrected chi connectivity index (χ0v) is 51.1. The van der Waals surface area contributed by atoms with Crippen molar-refractivity contribution in [3.63, 3.8) is 0 Å². The van der Waals surface area contributed by atoms with Gasteiger partial charge in [0.2, 0.25) is 6.71 Å². The molecule has 0 saturated heterocycles. The highest BCUT2D eigenvalue weighted by molar-refractivity contribution is 8.00. The standard InChI is InChI=1S/C82H61B2N5S/c1-82(2,3)57-48-46-56(47-49-57)66-40-22-25-43-71(66)89-74-55-78-70(84-68-42-24-27-45-73(68)88(63-38-20-9-21-39-63)77-52-65(53-79(90-78)81(77)84)86(60-32-14-6-15-33-60)61-34-16-7-17-35-61)54-69(74)83-67-41-23-26-44-72(67)87(62-36-18-8-19-37-62)75-50-64(51-76(89)80(75)83)85(58-28-10-4-11-29-58)59-30-12-5-13-31-59/h4-55H,1-3H3. The minimum absolute atomic E-state index is 0.000359. The minimum Gasteiger partial charge on any atom is -0.311 e. The Bertz CT molecular complexity index is 4790. The smallest absolute Gasteiger partial charge is 0.252 e. The second-order valence-corrected chi connectivity index (χ2v) is 25.9. The number of fused-ring (bicyclic) bond motifs is 8. The van der Waals surface area contributed by atoms with Gasteiger partial charge in [-0.2, -0.15) is 0 Å². The van der Waals surface area contributed by atoms with Crippen LogP contribution in [0.1, 0.15) is 26.3 Å². The average Bonchev–Trinajstić information content (AvgIpc) is 0.725. The summed E-state index contributed by atoms with van der Waals surface area (Å²) >= 11 is 1.91. The van der Waals surface area contributed by atoms with Crippen LogP contribution in [0.3, 0.4) is 0 Å². The van der Waals surface area contributed by atoms with Crippen molar-refractivity contribution >= 4 is 143 Å². The van der Waals surface area contributed by atoms with Gasteiger partial charge in [0.1, 0.15) is 0 Å². The normalized spacial score (nSPS) is 13.1. The first kappa shape index (κ1) is 53.6. The number of nitrogens with zero attached hydrogens (tertiary/aromatic N) is 5. The minimum atomic E-state index is -0.143.